The van der Waals surface area contributed by atoms with Gasteiger partial charge in [0.1, 0.15) is 22.4 Å². The third-order valence-corrected chi connectivity index (χ3v) is 13.6. The molecule has 0 amide bonds. The van der Waals surface area contributed by atoms with Crippen molar-refractivity contribution in [1.29, 1.82) is 0 Å². The fourth-order valence-electron chi connectivity index (χ4n) is 7.88. The zero-order chi connectivity index (χ0) is 45.6. The molecule has 0 aliphatic heterocycles. The lowest BCUT2D eigenvalue weighted by atomic mass is 10.1. The van der Waals surface area contributed by atoms with Gasteiger partial charge in [0, 0.05) is 32.3 Å². The highest BCUT2D eigenvalue weighted by Gasteiger charge is 2.27. The lowest BCUT2D eigenvalue weighted by Gasteiger charge is -2.13. The number of azo groups is 2. The van der Waals surface area contributed by atoms with Gasteiger partial charge in [0.2, 0.25) is 10.3 Å². The minimum Gasteiger partial charge on any atom is -0.251 e. The van der Waals surface area contributed by atoms with E-state index in [0.717, 1.165) is 33.6 Å². The van der Waals surface area contributed by atoms with Crippen LogP contribution in [0.3, 0.4) is 0 Å². The Morgan fingerprint density at radius 2 is 0.750 bits per heavy atom. The third-order valence-electron chi connectivity index (χ3n) is 11.0. The zero-order valence-corrected chi connectivity index (χ0v) is 38.3. The first-order chi connectivity index (χ1) is 33.5. The van der Waals surface area contributed by atoms with Crippen LogP contribution >= 0.6 is 44.8 Å². The van der Waals surface area contributed by atoms with Gasteiger partial charge < -0.3 is 0 Å². The molecule has 0 radical (unpaired) electrons. The van der Waals surface area contributed by atoms with Crippen LogP contribution in [0.25, 0.3) is 67.6 Å². The summed E-state index contributed by atoms with van der Waals surface area (Å²) in [5, 5.41) is 50.9. The first-order valence-electron chi connectivity index (χ1n) is 21.1. The maximum Gasteiger partial charge on any atom is 0.258 e. The van der Waals surface area contributed by atoms with E-state index in [4.69, 9.17) is 74.3 Å². The Bertz CT molecular complexity index is 3600. The predicted octanol–water partition coefficient (Wildman–Crippen LogP) is 14.7. The molecule has 12 aromatic rings. The van der Waals surface area contributed by atoms with E-state index in [1.807, 2.05) is 191 Å². The largest absolute Gasteiger partial charge is 0.258 e. The second-order valence-electron chi connectivity index (χ2n) is 15.3. The number of hydrogen-bond donors (Lipinski definition) is 0. The Kier molecular flexibility index (Phi) is 10.8. The fourth-order valence-corrected chi connectivity index (χ4v) is 10.0. The van der Waals surface area contributed by atoms with Crippen molar-refractivity contribution in [1.82, 2.24) is 48.4 Å². The van der Waals surface area contributed by atoms with Crippen molar-refractivity contribution in [2.45, 2.75) is 10.3 Å². The molecule has 0 saturated carbocycles. The number of halogens is 2. The molecule has 0 atom stereocenters. The van der Waals surface area contributed by atoms with Crippen molar-refractivity contribution in [2.24, 2.45) is 20.5 Å². The van der Waals surface area contributed by atoms with E-state index in [1.165, 1.54) is 21.6 Å². The van der Waals surface area contributed by atoms with Crippen molar-refractivity contribution < 1.29 is 0 Å². The molecule has 6 heterocycles. The smallest absolute Gasteiger partial charge is 0.251 e. The Balaban J connectivity index is 1.07. The van der Waals surface area contributed by atoms with Crippen LogP contribution in [0.4, 0.5) is 22.7 Å². The van der Waals surface area contributed by atoms with Crippen LogP contribution in [0.2, 0.25) is 10.0 Å². The molecule has 68 heavy (non-hydrogen) atoms. The average molecular weight is 962 g/mol. The van der Waals surface area contributed by atoms with E-state index in [9.17, 15) is 0 Å². The van der Waals surface area contributed by atoms with Crippen molar-refractivity contribution in [3.63, 3.8) is 0 Å². The van der Waals surface area contributed by atoms with Gasteiger partial charge in [-0.1, -0.05) is 145 Å². The van der Waals surface area contributed by atoms with Crippen molar-refractivity contribution in [3.05, 3.63) is 192 Å². The quantitative estimate of drug-likeness (QED) is 0.0920. The van der Waals surface area contributed by atoms with Crippen molar-refractivity contribution in [2.75, 3.05) is 0 Å². The van der Waals surface area contributed by atoms with Gasteiger partial charge in [-0.05, 0) is 82.3 Å². The maximum absolute atomic E-state index is 6.49. The standard InChI is InChI=1S/C50H30Cl2N14S2/c51-35-25-21-33(22-26-35)45-43(55-53-37-17-9-3-10-18-37)41-29-39(31-13-5-1-6-14-31)61-65(41)47-57-59-49(63(45)47)67-68-50-60-58-48-64(50)46(34-23-27-36(52)28-24-34)44(56-54-38-19-11-4-12-20-38)42-30-40(62-66(42)48)32-15-7-2-8-16-32/h1-30H. The fraction of sp³-hybridized carbons (Fsp3) is 0. The molecule has 0 bridgehead atoms. The molecule has 0 saturated heterocycles. The number of rotatable bonds is 11. The van der Waals surface area contributed by atoms with Crippen LogP contribution in [0.1, 0.15) is 0 Å². The van der Waals surface area contributed by atoms with E-state index in [2.05, 4.69) is 0 Å². The molecule has 6 aromatic carbocycles. The topological polar surface area (TPSA) is 144 Å². The Labute approximate surface area is 404 Å². The molecular formula is C50H30Cl2N14S2. The van der Waals surface area contributed by atoms with Gasteiger partial charge >= 0.3 is 0 Å². The van der Waals surface area contributed by atoms with Gasteiger partial charge in [0.25, 0.3) is 11.6 Å². The average Bonchev–Trinajstić information content (AvgIpc) is 4.22. The number of aromatic nitrogens is 10. The van der Waals surface area contributed by atoms with Crippen LogP contribution in [0.15, 0.2) is 213 Å². The summed E-state index contributed by atoms with van der Waals surface area (Å²) in [5.41, 5.74) is 10.1. The summed E-state index contributed by atoms with van der Waals surface area (Å²) in [6, 6.07) is 58.3. The third kappa shape index (κ3) is 7.64. The van der Waals surface area contributed by atoms with Gasteiger partial charge in [0.05, 0.1) is 34.2 Å². The van der Waals surface area contributed by atoms with Gasteiger partial charge in [-0.3, -0.25) is 8.80 Å². The highest BCUT2D eigenvalue weighted by atomic mass is 35.5. The SMILES string of the molecule is Clc1ccc(-c2c(N=Nc3ccccc3)c3cc(-c4ccccc4)nn3c3nnc(SSc4nnc5n4c(-c4ccc(Cl)cc4)c(N=Nc4ccccc4)c4cc(-c6ccccc6)nn45)n23)cc1. The van der Waals surface area contributed by atoms with E-state index in [1.54, 1.807) is 9.03 Å². The van der Waals surface area contributed by atoms with Gasteiger partial charge in [-0.25, -0.2) is 0 Å². The Morgan fingerprint density at radius 1 is 0.382 bits per heavy atom. The summed E-state index contributed by atoms with van der Waals surface area (Å²) in [5.74, 6) is 0.911. The molecule has 12 rings (SSSR count). The summed E-state index contributed by atoms with van der Waals surface area (Å²) in [4.78, 5) is 0. The first-order valence-corrected chi connectivity index (χ1v) is 24.0. The molecule has 0 aliphatic carbocycles. The van der Waals surface area contributed by atoms with Crippen LogP contribution in [0.5, 0.6) is 0 Å². The molecule has 0 spiro atoms. The van der Waals surface area contributed by atoms with E-state index in [0.29, 0.717) is 77.1 Å². The van der Waals surface area contributed by atoms with Crippen molar-refractivity contribution in [3.8, 4) is 45.0 Å². The summed E-state index contributed by atoms with van der Waals surface area (Å²) in [6.45, 7) is 0. The normalized spacial score (nSPS) is 12.0. The monoisotopic (exact) mass is 960 g/mol. The van der Waals surface area contributed by atoms with E-state index >= 15 is 0 Å². The number of nitrogens with zero attached hydrogens (tertiary/aromatic N) is 14. The maximum atomic E-state index is 6.49. The minimum absolute atomic E-state index is 0.456. The van der Waals surface area contributed by atoms with Crippen molar-refractivity contribution >= 4 is 90.1 Å². The Morgan fingerprint density at radius 3 is 1.13 bits per heavy atom. The number of benzene rings is 6. The van der Waals surface area contributed by atoms with Gasteiger partial charge in [-0.2, -0.15) is 29.5 Å². The minimum atomic E-state index is 0.456. The Hall–Kier alpha value is -8.02. The molecule has 0 unspecified atom stereocenters. The molecule has 326 valence electrons. The summed E-state index contributed by atoms with van der Waals surface area (Å²) in [7, 11) is 2.69. The molecule has 0 aliphatic rings. The second-order valence-corrected chi connectivity index (χ2v) is 18.2. The highest BCUT2D eigenvalue weighted by Crippen LogP contribution is 2.45. The predicted molar refractivity (Wildman–Crippen MR) is 268 cm³/mol. The second kappa shape index (κ2) is 17.7. The molecule has 14 nitrogen and oxygen atoms in total. The van der Waals surface area contributed by atoms with Crippen LogP contribution in [-0.4, -0.2) is 48.4 Å². The molecular weight excluding hydrogens is 932 g/mol. The lowest BCUT2D eigenvalue weighted by molar-refractivity contribution is 0.902. The number of fused-ring (bicyclic) bond motifs is 6. The van der Waals surface area contributed by atoms with Gasteiger partial charge in [-0.15, -0.1) is 30.6 Å². The zero-order valence-electron chi connectivity index (χ0n) is 35.2. The van der Waals surface area contributed by atoms with Crippen LogP contribution in [0, 0.1) is 0 Å². The molecule has 6 aromatic heterocycles. The van der Waals surface area contributed by atoms with Crippen LogP contribution < -0.4 is 0 Å². The number of hydrogen-bond acceptors (Lipinski definition) is 12. The summed E-state index contributed by atoms with van der Waals surface area (Å²) < 4.78 is 7.40. The van der Waals surface area contributed by atoms with Crippen LogP contribution in [-0.2, 0) is 0 Å². The molecule has 18 heteroatoms. The van der Waals surface area contributed by atoms with E-state index < -0.39 is 0 Å². The van der Waals surface area contributed by atoms with E-state index in [-0.39, 0.29) is 0 Å². The summed E-state index contributed by atoms with van der Waals surface area (Å²) >= 11 is 13.0. The molecule has 0 fully saturated rings. The first kappa shape index (κ1) is 41.4. The molecule has 0 N–H and O–H groups in total. The van der Waals surface area contributed by atoms with Gasteiger partial charge in [0.15, 0.2) is 0 Å². The summed E-state index contributed by atoms with van der Waals surface area (Å²) in [6.07, 6.45) is 0. The highest BCUT2D eigenvalue weighted by molar-refractivity contribution is 8.76. The lowest BCUT2D eigenvalue weighted by Crippen LogP contribution is -2.03.